The number of nitrogens with one attached hydrogen (secondary N) is 1. The van der Waals surface area contributed by atoms with E-state index < -0.39 is 60.1 Å². The number of carboxylic acid groups (broad SMARTS) is 1. The number of halogens is 2. The summed E-state index contributed by atoms with van der Waals surface area (Å²) < 4.78 is 56.3. The lowest BCUT2D eigenvalue weighted by atomic mass is 9.81. The predicted molar refractivity (Wildman–Crippen MR) is 134 cm³/mol. The average molecular weight is 578 g/mol. The molecule has 0 radical (unpaired) electrons. The first-order chi connectivity index (χ1) is 16.7. The molecule has 196 valence electrons. The zero-order valence-corrected chi connectivity index (χ0v) is 22.6. The molecule has 0 bridgehead atoms. The van der Waals surface area contributed by atoms with Crippen molar-refractivity contribution in [1.82, 2.24) is 13.9 Å². The van der Waals surface area contributed by atoms with E-state index in [4.69, 9.17) is 23.2 Å². The summed E-state index contributed by atoms with van der Waals surface area (Å²) in [4.78, 5) is 22.5. The molecule has 10 nitrogen and oxygen atoms in total. The number of carboxylic acids is 1. The monoisotopic (exact) mass is 577 g/mol. The first-order valence-electron chi connectivity index (χ1n) is 11.1. The van der Waals surface area contributed by atoms with E-state index in [2.05, 4.69) is 5.32 Å². The van der Waals surface area contributed by atoms with Crippen LogP contribution in [0.25, 0.3) is 0 Å². The smallest absolute Gasteiger partial charge is 0.314 e. The molecule has 14 heteroatoms. The van der Waals surface area contributed by atoms with E-state index in [1.54, 1.807) is 13.8 Å². The number of hydrogen-bond acceptors (Lipinski definition) is 7. The number of amides is 1. The Morgan fingerprint density at radius 1 is 1.25 bits per heavy atom. The third-order valence-corrected chi connectivity index (χ3v) is 11.4. The summed E-state index contributed by atoms with van der Waals surface area (Å²) in [5.41, 5.74) is 0.0502. The molecule has 1 amide bonds. The zero-order chi connectivity index (χ0) is 26.6. The van der Waals surface area contributed by atoms with Crippen LogP contribution in [0.5, 0.6) is 0 Å². The second-order valence-electron chi connectivity index (χ2n) is 9.07. The summed E-state index contributed by atoms with van der Waals surface area (Å²) in [5.74, 6) is -4.78. The Balaban J connectivity index is 1.95. The van der Waals surface area contributed by atoms with Crippen molar-refractivity contribution in [2.75, 3.05) is 32.7 Å². The van der Waals surface area contributed by atoms with Gasteiger partial charge in [0.05, 0.1) is 17.0 Å². The Kier molecular flexibility index (Phi) is 7.08. The highest BCUT2D eigenvalue weighted by molar-refractivity contribution is 7.93. The van der Waals surface area contributed by atoms with E-state index in [1.165, 1.54) is 34.6 Å². The molecular formula is C22H25Cl2N3O7S2. The minimum Gasteiger partial charge on any atom is -0.481 e. The first kappa shape index (κ1) is 27.1. The molecule has 2 heterocycles. The molecule has 4 rings (SSSR count). The fourth-order valence-electron chi connectivity index (χ4n) is 4.77. The lowest BCUT2D eigenvalue weighted by Gasteiger charge is -2.42. The van der Waals surface area contributed by atoms with Crippen LogP contribution in [-0.2, 0) is 24.8 Å². The molecule has 2 aliphatic heterocycles. The van der Waals surface area contributed by atoms with Gasteiger partial charge in [0.15, 0.2) is 0 Å². The van der Waals surface area contributed by atoms with E-state index in [9.17, 15) is 31.5 Å². The van der Waals surface area contributed by atoms with Gasteiger partial charge in [-0.25, -0.2) is 21.1 Å². The molecule has 36 heavy (non-hydrogen) atoms. The predicted octanol–water partition coefficient (Wildman–Crippen LogP) is 1.79. The molecule has 1 fully saturated rings. The van der Waals surface area contributed by atoms with Crippen LogP contribution >= 0.6 is 23.2 Å². The van der Waals surface area contributed by atoms with Crippen LogP contribution in [0.2, 0.25) is 0 Å². The fourth-order valence-corrected chi connectivity index (χ4v) is 9.76. The van der Waals surface area contributed by atoms with Gasteiger partial charge in [-0.15, -0.1) is 11.6 Å². The van der Waals surface area contributed by atoms with Crippen LogP contribution in [-0.4, -0.2) is 80.0 Å². The third-order valence-electron chi connectivity index (χ3n) is 6.49. The summed E-state index contributed by atoms with van der Waals surface area (Å²) >= 11 is 13.4. The number of aliphatic carboxylic acids is 1. The summed E-state index contributed by atoms with van der Waals surface area (Å²) in [5, 5.41) is 12.9. The Labute approximate surface area is 219 Å². The van der Waals surface area contributed by atoms with Gasteiger partial charge in [-0.2, -0.15) is 4.31 Å². The fraction of sp³-hybridized carbons (Fsp3) is 0.455. The number of fused-ring (bicyclic) bond motifs is 1. The highest BCUT2D eigenvalue weighted by Crippen LogP contribution is 2.50. The molecule has 1 saturated heterocycles. The van der Waals surface area contributed by atoms with Crippen molar-refractivity contribution in [3.8, 4) is 0 Å². The summed E-state index contributed by atoms with van der Waals surface area (Å²) in [6.07, 6.45) is 1.27. The van der Waals surface area contributed by atoms with Gasteiger partial charge in [-0.05, 0) is 29.7 Å². The number of alkyl halides is 1. The van der Waals surface area contributed by atoms with Gasteiger partial charge in [-0.1, -0.05) is 37.6 Å². The number of piperazine rings is 1. The number of allylic oxidation sites excluding steroid dienone is 2. The average Bonchev–Trinajstić information content (AvgIpc) is 2.99. The number of carbonyl (C=O) groups is 2. The number of benzene rings is 1. The van der Waals surface area contributed by atoms with Crippen LogP contribution in [0.3, 0.4) is 0 Å². The van der Waals surface area contributed by atoms with Crippen LogP contribution in [0.15, 0.2) is 50.7 Å². The van der Waals surface area contributed by atoms with E-state index in [-0.39, 0.29) is 34.2 Å². The first-order valence-corrected chi connectivity index (χ1v) is 14.8. The third kappa shape index (κ3) is 4.17. The van der Waals surface area contributed by atoms with Crippen molar-refractivity contribution in [2.24, 2.45) is 11.8 Å². The summed E-state index contributed by atoms with van der Waals surface area (Å²) in [6, 6.07) is 5.51. The Morgan fingerprint density at radius 2 is 1.86 bits per heavy atom. The largest absolute Gasteiger partial charge is 0.481 e. The molecule has 2 atom stereocenters. The number of carbonyl (C=O) groups excluding carboxylic acids is 1. The van der Waals surface area contributed by atoms with E-state index in [0.29, 0.717) is 17.4 Å². The molecule has 0 aromatic heterocycles. The maximum absolute atomic E-state index is 14.0. The van der Waals surface area contributed by atoms with E-state index in [1.807, 2.05) is 0 Å². The van der Waals surface area contributed by atoms with Crippen LogP contribution in [0.1, 0.15) is 24.2 Å². The van der Waals surface area contributed by atoms with Gasteiger partial charge in [0.25, 0.3) is 15.9 Å². The number of sulfonamides is 2. The van der Waals surface area contributed by atoms with Gasteiger partial charge in [0.1, 0.15) is 15.7 Å². The summed E-state index contributed by atoms with van der Waals surface area (Å²) in [7, 11) is -8.83. The molecule has 3 aliphatic rings. The Morgan fingerprint density at radius 3 is 2.42 bits per heavy atom. The minimum absolute atomic E-state index is 0.103. The van der Waals surface area contributed by atoms with Crippen LogP contribution in [0.4, 0.5) is 0 Å². The number of rotatable bonds is 6. The van der Waals surface area contributed by atoms with Gasteiger partial charge < -0.3 is 10.4 Å². The Hall–Kier alpha value is -1.96. The standard InChI is InChI=1S/C22H25Cl2N3O7S2/c1-13(2)15-11-16(23)18(21(29)30)22(24,19(15)36(33,34)26-9-7-25-8-10-26)12-27-20(28)14-5-3-4-6-17(14)35(27,31)32/h3-6,11,13,18,25H,7-10,12H2,1-2H3,(H,29,30). The van der Waals surface area contributed by atoms with Crippen molar-refractivity contribution in [3.63, 3.8) is 0 Å². The quantitative estimate of drug-likeness (QED) is 0.487. The SMILES string of the molecule is CC(C)C1=C(S(=O)(=O)N2CCNCC2)C(Cl)(CN2C(=O)c3ccccc3S2(=O)=O)C(C(=O)O)C(Cl)=C1. The van der Waals surface area contributed by atoms with Crippen LogP contribution in [0, 0.1) is 11.8 Å². The van der Waals surface area contributed by atoms with Gasteiger partial charge in [-0.3, -0.25) is 9.59 Å². The molecular weight excluding hydrogens is 553 g/mol. The Bertz CT molecular complexity index is 1400. The normalized spacial score (nSPS) is 26.8. The second kappa shape index (κ2) is 9.41. The van der Waals surface area contributed by atoms with Gasteiger partial charge in [0, 0.05) is 31.2 Å². The topological polar surface area (TPSA) is 141 Å². The molecule has 2 unspecified atom stereocenters. The molecule has 2 N–H and O–H groups in total. The van der Waals surface area contributed by atoms with Gasteiger partial charge in [0.2, 0.25) is 10.0 Å². The minimum atomic E-state index is -4.43. The molecule has 1 aromatic carbocycles. The lowest BCUT2D eigenvalue weighted by molar-refractivity contribution is -0.141. The molecule has 0 spiro atoms. The number of nitrogens with zero attached hydrogens (tertiary/aromatic N) is 2. The number of hydrogen-bond donors (Lipinski definition) is 2. The van der Waals surface area contributed by atoms with Crippen molar-refractivity contribution in [2.45, 2.75) is 23.6 Å². The van der Waals surface area contributed by atoms with Crippen LogP contribution < -0.4 is 5.32 Å². The highest BCUT2D eigenvalue weighted by atomic mass is 35.5. The lowest BCUT2D eigenvalue weighted by Crippen LogP contribution is -2.56. The summed E-state index contributed by atoms with van der Waals surface area (Å²) in [6.45, 7) is 3.38. The maximum Gasteiger partial charge on any atom is 0.314 e. The maximum atomic E-state index is 14.0. The van der Waals surface area contributed by atoms with Crippen molar-refractivity contribution < 1.29 is 31.5 Å². The van der Waals surface area contributed by atoms with E-state index in [0.717, 1.165) is 0 Å². The van der Waals surface area contributed by atoms with E-state index >= 15 is 0 Å². The molecule has 1 aromatic rings. The van der Waals surface area contributed by atoms with Crippen molar-refractivity contribution in [3.05, 3.63) is 51.4 Å². The second-order valence-corrected chi connectivity index (χ2v) is 13.9. The van der Waals surface area contributed by atoms with Crippen molar-refractivity contribution in [1.29, 1.82) is 0 Å². The van der Waals surface area contributed by atoms with Crippen molar-refractivity contribution >= 4 is 55.1 Å². The van der Waals surface area contributed by atoms with Gasteiger partial charge >= 0.3 is 5.97 Å². The molecule has 0 saturated carbocycles. The molecule has 1 aliphatic carbocycles. The zero-order valence-electron chi connectivity index (χ0n) is 19.4. The highest BCUT2D eigenvalue weighted by Gasteiger charge is 2.58.